The van der Waals surface area contributed by atoms with Crippen molar-refractivity contribution in [1.29, 1.82) is 0 Å². The molecule has 1 aromatic rings. The van der Waals surface area contributed by atoms with Gasteiger partial charge in [-0.25, -0.2) is 4.57 Å². The number of phosphoric ester groups is 1. The van der Waals surface area contributed by atoms with Crippen LogP contribution in [0.5, 0.6) is 0 Å². The standard InChI is InChI=1S/C17H26NO6P/c1-21-13-15-12-17(7-5-6-16(17)24-15)14-23-25(19,20)22-11-10-18-8-3-2-4-9-18/h2-4,8-9,15-16H,5-7,10-14H2,1H3/t15-,16+,17+/m1/s1. The highest BCUT2D eigenvalue weighted by atomic mass is 31.2. The molecule has 0 radical (unpaired) electrons. The smallest absolute Gasteiger partial charge is 0.268 e. The Balaban J connectivity index is 1.48. The minimum atomic E-state index is -4.32. The van der Waals surface area contributed by atoms with Gasteiger partial charge in [0, 0.05) is 24.7 Å². The fourth-order valence-electron chi connectivity index (χ4n) is 3.88. The first-order valence-electron chi connectivity index (χ1n) is 8.72. The first-order chi connectivity index (χ1) is 12.0. The molecule has 1 aliphatic carbocycles. The summed E-state index contributed by atoms with van der Waals surface area (Å²) < 4.78 is 35.3. The van der Waals surface area contributed by atoms with Crippen molar-refractivity contribution < 1.29 is 32.5 Å². The second-order valence-corrected chi connectivity index (χ2v) is 8.24. The molecule has 7 nitrogen and oxygen atoms in total. The van der Waals surface area contributed by atoms with Crippen molar-refractivity contribution in [3.05, 3.63) is 30.6 Å². The summed E-state index contributed by atoms with van der Waals surface area (Å²) in [4.78, 5) is 12.1. The molecule has 8 heteroatoms. The Morgan fingerprint density at radius 1 is 1.32 bits per heavy atom. The summed E-state index contributed by atoms with van der Waals surface area (Å²) in [6.07, 6.45) is 7.43. The van der Waals surface area contributed by atoms with Crippen LogP contribution in [0.4, 0.5) is 0 Å². The SMILES string of the molecule is COC[C@H]1C[C@]2(COP(=O)([O-])OCC[n+]3ccccc3)CCC[C@@H]2O1. The van der Waals surface area contributed by atoms with Crippen molar-refractivity contribution in [3.8, 4) is 0 Å². The minimum absolute atomic E-state index is 0.0142. The van der Waals surface area contributed by atoms with Gasteiger partial charge in [0.1, 0.15) is 6.61 Å². The fourth-order valence-corrected chi connectivity index (χ4v) is 4.68. The van der Waals surface area contributed by atoms with Crippen molar-refractivity contribution in [2.24, 2.45) is 5.41 Å². The number of fused-ring (bicyclic) bond motifs is 1. The Hall–Kier alpha value is -0.820. The Labute approximate surface area is 148 Å². The van der Waals surface area contributed by atoms with E-state index < -0.39 is 7.82 Å². The first-order valence-corrected chi connectivity index (χ1v) is 10.2. The van der Waals surface area contributed by atoms with Crippen LogP contribution in [-0.2, 0) is 29.6 Å². The minimum Gasteiger partial charge on any atom is -0.756 e. The van der Waals surface area contributed by atoms with Crippen LogP contribution >= 0.6 is 7.82 Å². The Morgan fingerprint density at radius 2 is 2.12 bits per heavy atom. The number of hydrogen-bond acceptors (Lipinski definition) is 6. The average molecular weight is 371 g/mol. The Kier molecular flexibility index (Phi) is 6.25. The monoisotopic (exact) mass is 371 g/mol. The molecule has 3 rings (SSSR count). The molecule has 0 aromatic carbocycles. The van der Waals surface area contributed by atoms with Crippen molar-refractivity contribution in [3.63, 3.8) is 0 Å². The van der Waals surface area contributed by atoms with E-state index in [1.165, 1.54) is 0 Å². The molecule has 140 valence electrons. The second-order valence-electron chi connectivity index (χ2n) is 6.83. The third-order valence-corrected chi connectivity index (χ3v) is 6.00. The summed E-state index contributed by atoms with van der Waals surface area (Å²) in [5.74, 6) is 0. The van der Waals surface area contributed by atoms with Crippen LogP contribution in [0.15, 0.2) is 30.6 Å². The maximum atomic E-state index is 12.1. The maximum Gasteiger partial charge on any atom is 0.268 e. The molecule has 2 fully saturated rings. The molecule has 1 saturated heterocycles. The van der Waals surface area contributed by atoms with E-state index in [1.54, 1.807) is 7.11 Å². The average Bonchev–Trinajstić information content (AvgIpc) is 3.11. The van der Waals surface area contributed by atoms with E-state index in [9.17, 15) is 9.46 Å². The summed E-state index contributed by atoms with van der Waals surface area (Å²) in [6.45, 7) is 1.15. The lowest BCUT2D eigenvalue weighted by molar-refractivity contribution is -0.697. The summed E-state index contributed by atoms with van der Waals surface area (Å²) >= 11 is 0. The molecule has 4 atom stereocenters. The number of rotatable bonds is 9. The highest BCUT2D eigenvalue weighted by Crippen LogP contribution is 2.52. The van der Waals surface area contributed by atoms with Gasteiger partial charge in [0.25, 0.3) is 7.82 Å². The second kappa shape index (κ2) is 8.25. The first kappa shape index (κ1) is 19.0. The zero-order valence-corrected chi connectivity index (χ0v) is 15.4. The van der Waals surface area contributed by atoms with Gasteiger partial charge in [0.2, 0.25) is 0 Å². The summed E-state index contributed by atoms with van der Waals surface area (Å²) in [5.41, 5.74) is -0.235. The van der Waals surface area contributed by atoms with Gasteiger partial charge in [-0.3, -0.25) is 4.57 Å². The fraction of sp³-hybridized carbons (Fsp3) is 0.706. The molecule has 2 aliphatic rings. The van der Waals surface area contributed by atoms with E-state index in [-0.39, 0.29) is 30.8 Å². The van der Waals surface area contributed by atoms with Gasteiger partial charge in [0.15, 0.2) is 18.9 Å². The Morgan fingerprint density at radius 3 is 2.88 bits per heavy atom. The molecule has 0 N–H and O–H groups in total. The van der Waals surface area contributed by atoms with Gasteiger partial charge in [-0.05, 0) is 19.3 Å². The van der Waals surface area contributed by atoms with Crippen molar-refractivity contribution in [2.45, 2.75) is 44.4 Å². The molecule has 1 aliphatic heterocycles. The predicted molar refractivity (Wildman–Crippen MR) is 87.6 cm³/mol. The zero-order valence-electron chi connectivity index (χ0n) is 14.5. The molecule has 0 spiro atoms. The highest BCUT2D eigenvalue weighted by molar-refractivity contribution is 7.45. The van der Waals surface area contributed by atoms with E-state index in [4.69, 9.17) is 18.5 Å². The molecule has 0 amide bonds. The quantitative estimate of drug-likeness (QED) is 0.483. The van der Waals surface area contributed by atoms with Gasteiger partial charge in [-0.1, -0.05) is 12.5 Å². The van der Waals surface area contributed by atoms with E-state index in [1.807, 2.05) is 35.2 Å². The van der Waals surface area contributed by atoms with Gasteiger partial charge < -0.3 is 23.4 Å². The van der Waals surface area contributed by atoms with E-state index >= 15 is 0 Å². The number of ether oxygens (including phenoxy) is 2. The lowest BCUT2D eigenvalue weighted by Gasteiger charge is -2.31. The van der Waals surface area contributed by atoms with Crippen LogP contribution in [0.1, 0.15) is 25.7 Å². The van der Waals surface area contributed by atoms with Gasteiger partial charge in [0.05, 0.1) is 25.4 Å². The number of aromatic nitrogens is 1. The van der Waals surface area contributed by atoms with Gasteiger partial charge >= 0.3 is 0 Å². The molecule has 1 unspecified atom stereocenters. The number of methoxy groups -OCH3 is 1. The van der Waals surface area contributed by atoms with Crippen molar-refractivity contribution in [1.82, 2.24) is 0 Å². The molecule has 1 aromatic heterocycles. The number of pyridine rings is 1. The summed E-state index contributed by atoms with van der Waals surface area (Å²) in [5, 5.41) is 0. The molecule has 2 heterocycles. The van der Waals surface area contributed by atoms with Crippen LogP contribution in [0.3, 0.4) is 0 Å². The summed E-state index contributed by atoms with van der Waals surface area (Å²) in [6, 6.07) is 5.66. The van der Waals surface area contributed by atoms with Crippen molar-refractivity contribution in [2.75, 3.05) is 26.9 Å². The van der Waals surface area contributed by atoms with Crippen LogP contribution < -0.4 is 9.46 Å². The van der Waals surface area contributed by atoms with Crippen LogP contribution in [0.2, 0.25) is 0 Å². The van der Waals surface area contributed by atoms with Crippen LogP contribution in [0.25, 0.3) is 0 Å². The lowest BCUT2D eigenvalue weighted by atomic mass is 9.82. The van der Waals surface area contributed by atoms with Crippen LogP contribution in [-0.4, -0.2) is 39.1 Å². The molecule has 25 heavy (non-hydrogen) atoms. The topological polar surface area (TPSA) is 80.9 Å². The molecular weight excluding hydrogens is 345 g/mol. The van der Waals surface area contributed by atoms with E-state index in [0.29, 0.717) is 13.2 Å². The highest BCUT2D eigenvalue weighted by Gasteiger charge is 2.51. The van der Waals surface area contributed by atoms with E-state index in [0.717, 1.165) is 25.7 Å². The number of hydrogen-bond donors (Lipinski definition) is 0. The lowest BCUT2D eigenvalue weighted by Crippen LogP contribution is -2.35. The van der Waals surface area contributed by atoms with Gasteiger partial charge in [-0.2, -0.15) is 0 Å². The maximum absolute atomic E-state index is 12.1. The third-order valence-electron chi connectivity index (χ3n) is 5.05. The third kappa shape index (κ3) is 4.88. The molecule has 1 saturated carbocycles. The largest absolute Gasteiger partial charge is 0.756 e. The number of phosphoric acid groups is 1. The van der Waals surface area contributed by atoms with Gasteiger partial charge in [-0.15, -0.1) is 0 Å². The number of nitrogens with zero attached hydrogens (tertiary/aromatic N) is 1. The van der Waals surface area contributed by atoms with Crippen molar-refractivity contribution >= 4 is 7.82 Å². The predicted octanol–water partition coefficient (Wildman–Crippen LogP) is 1.45. The van der Waals surface area contributed by atoms with E-state index in [2.05, 4.69) is 0 Å². The molecule has 0 bridgehead atoms. The Bertz CT molecular complexity index is 600. The van der Waals surface area contributed by atoms with Crippen LogP contribution in [0, 0.1) is 5.41 Å². The summed E-state index contributed by atoms with van der Waals surface area (Å²) in [7, 11) is -2.68. The molecular formula is C17H26NO6P. The zero-order chi connectivity index (χ0) is 17.8. The normalized spacial score (nSPS) is 31.0.